The monoisotopic (exact) mass is 443 g/mol. The van der Waals surface area contributed by atoms with Crippen molar-refractivity contribution in [3.63, 3.8) is 0 Å². The molecule has 2 aromatic rings. The van der Waals surface area contributed by atoms with Gasteiger partial charge < -0.3 is 14.7 Å². The van der Waals surface area contributed by atoms with E-state index in [2.05, 4.69) is 17.0 Å². The van der Waals surface area contributed by atoms with Crippen molar-refractivity contribution in [2.24, 2.45) is 0 Å². The molecule has 33 heavy (non-hydrogen) atoms. The number of nitrogens with zero attached hydrogens (tertiary/aromatic N) is 1. The average Bonchev–Trinajstić information content (AvgIpc) is 2.83. The van der Waals surface area contributed by atoms with Gasteiger partial charge in [0.1, 0.15) is 0 Å². The predicted octanol–water partition coefficient (Wildman–Crippen LogP) is 5.06. The number of hydrogen-bond donors (Lipinski definition) is 1. The molecule has 0 radical (unpaired) electrons. The lowest BCUT2D eigenvalue weighted by Crippen LogP contribution is -2.39. The molecule has 2 aromatic carbocycles. The Bertz CT molecular complexity index is 1120. The summed E-state index contributed by atoms with van der Waals surface area (Å²) in [6, 6.07) is 15.5. The summed E-state index contributed by atoms with van der Waals surface area (Å²) in [7, 11) is 1.51. The molecule has 5 heteroatoms. The van der Waals surface area contributed by atoms with Gasteiger partial charge in [-0.1, -0.05) is 36.4 Å². The van der Waals surface area contributed by atoms with Crippen molar-refractivity contribution < 1.29 is 19.4 Å². The van der Waals surface area contributed by atoms with Crippen molar-refractivity contribution in [3.05, 3.63) is 82.2 Å². The zero-order valence-corrected chi connectivity index (χ0v) is 19.0. The number of allylic oxidation sites excluding steroid dienone is 4. The normalized spacial score (nSPS) is 19.0. The standard InChI is InChI=1S/C28H29NO4/c1-33-25-17-19(13-14-22(25)30)26-27-20(9-5-11-23(27)31)29(16-15-18-7-3-2-4-8-18)21-10-6-12-24(32)28(21)26/h2-4,7-8,13-14,17,26,30H,5-6,9-12,15-16H2,1H3. The Hall–Kier alpha value is -3.34. The van der Waals surface area contributed by atoms with Crippen LogP contribution in [0.2, 0.25) is 0 Å². The first-order chi connectivity index (χ1) is 16.1. The van der Waals surface area contributed by atoms with Crippen molar-refractivity contribution in [1.29, 1.82) is 0 Å². The predicted molar refractivity (Wildman–Crippen MR) is 126 cm³/mol. The number of ketones is 2. The highest BCUT2D eigenvalue weighted by molar-refractivity contribution is 6.06. The minimum atomic E-state index is -0.391. The Morgan fingerprint density at radius 3 is 2.15 bits per heavy atom. The summed E-state index contributed by atoms with van der Waals surface area (Å²) < 4.78 is 5.35. The van der Waals surface area contributed by atoms with E-state index in [9.17, 15) is 14.7 Å². The summed E-state index contributed by atoms with van der Waals surface area (Å²) in [5.74, 6) is 0.272. The molecule has 2 aliphatic carbocycles. The molecule has 0 spiro atoms. The van der Waals surface area contributed by atoms with Gasteiger partial charge in [-0.2, -0.15) is 0 Å². The molecule has 5 nitrogen and oxygen atoms in total. The number of ether oxygens (including phenoxy) is 1. The van der Waals surface area contributed by atoms with Crippen LogP contribution in [0.15, 0.2) is 71.1 Å². The second-order valence-corrected chi connectivity index (χ2v) is 9.03. The van der Waals surface area contributed by atoms with Crippen molar-refractivity contribution in [1.82, 2.24) is 4.90 Å². The van der Waals surface area contributed by atoms with E-state index in [1.165, 1.54) is 12.7 Å². The number of methoxy groups -OCH3 is 1. The quantitative estimate of drug-likeness (QED) is 0.700. The molecule has 0 amide bonds. The minimum Gasteiger partial charge on any atom is -0.504 e. The molecule has 0 unspecified atom stereocenters. The Balaban J connectivity index is 1.64. The number of benzene rings is 2. The fourth-order valence-corrected chi connectivity index (χ4v) is 5.58. The fourth-order valence-electron chi connectivity index (χ4n) is 5.58. The number of rotatable bonds is 5. The highest BCUT2D eigenvalue weighted by atomic mass is 16.5. The van der Waals surface area contributed by atoms with E-state index < -0.39 is 5.92 Å². The molecule has 0 saturated carbocycles. The van der Waals surface area contributed by atoms with Gasteiger partial charge in [0.2, 0.25) is 0 Å². The zero-order valence-electron chi connectivity index (χ0n) is 19.0. The van der Waals surface area contributed by atoms with E-state index in [0.717, 1.165) is 66.8 Å². The smallest absolute Gasteiger partial charge is 0.161 e. The summed E-state index contributed by atoms with van der Waals surface area (Å²) in [5, 5.41) is 10.1. The number of hydrogen-bond acceptors (Lipinski definition) is 5. The van der Waals surface area contributed by atoms with Gasteiger partial charge in [-0.25, -0.2) is 0 Å². The molecule has 5 rings (SSSR count). The molecule has 3 aliphatic rings. The third-order valence-electron chi connectivity index (χ3n) is 7.09. The first-order valence-corrected chi connectivity index (χ1v) is 11.8. The van der Waals surface area contributed by atoms with Gasteiger partial charge in [-0.05, 0) is 55.4 Å². The van der Waals surface area contributed by atoms with Gasteiger partial charge in [-0.15, -0.1) is 0 Å². The van der Waals surface area contributed by atoms with Gasteiger partial charge in [-0.3, -0.25) is 9.59 Å². The lowest BCUT2D eigenvalue weighted by atomic mass is 9.71. The van der Waals surface area contributed by atoms with E-state index in [0.29, 0.717) is 18.6 Å². The van der Waals surface area contributed by atoms with E-state index in [1.807, 2.05) is 24.3 Å². The van der Waals surface area contributed by atoms with Crippen LogP contribution in [0.5, 0.6) is 11.5 Å². The van der Waals surface area contributed by atoms with E-state index in [1.54, 1.807) is 12.1 Å². The van der Waals surface area contributed by atoms with Gasteiger partial charge in [0.25, 0.3) is 0 Å². The number of Topliss-reactive ketones (excluding diaryl/α,β-unsaturated/α-hetero) is 2. The van der Waals surface area contributed by atoms with Crippen LogP contribution in [0.1, 0.15) is 55.6 Å². The molecule has 0 aromatic heterocycles. The second kappa shape index (κ2) is 8.89. The first kappa shape index (κ1) is 21.5. The topological polar surface area (TPSA) is 66.8 Å². The maximum Gasteiger partial charge on any atom is 0.161 e. The van der Waals surface area contributed by atoms with Crippen molar-refractivity contribution in [3.8, 4) is 11.5 Å². The van der Waals surface area contributed by atoms with E-state index in [-0.39, 0.29) is 17.3 Å². The average molecular weight is 444 g/mol. The lowest BCUT2D eigenvalue weighted by molar-refractivity contribution is -0.117. The molecule has 0 saturated heterocycles. The van der Waals surface area contributed by atoms with Gasteiger partial charge in [0, 0.05) is 47.8 Å². The number of carbonyl (C=O) groups is 2. The molecule has 0 atom stereocenters. The maximum absolute atomic E-state index is 13.3. The van der Waals surface area contributed by atoms with Gasteiger partial charge in [0.15, 0.2) is 23.1 Å². The minimum absolute atomic E-state index is 0.0508. The van der Waals surface area contributed by atoms with Crippen LogP contribution in [0, 0.1) is 0 Å². The first-order valence-electron chi connectivity index (χ1n) is 11.8. The van der Waals surface area contributed by atoms with E-state index in [4.69, 9.17) is 4.74 Å². The van der Waals surface area contributed by atoms with Crippen LogP contribution in [0.4, 0.5) is 0 Å². The Labute approximate surface area is 194 Å². The SMILES string of the molecule is COc1cc(C2C3=C(CCCC3=O)N(CCc3ccccc3)C3=C2C(=O)CCC3)ccc1O. The van der Waals surface area contributed by atoms with Crippen molar-refractivity contribution in [2.75, 3.05) is 13.7 Å². The van der Waals surface area contributed by atoms with Crippen molar-refractivity contribution >= 4 is 11.6 Å². The number of aromatic hydroxyl groups is 1. The summed E-state index contributed by atoms with van der Waals surface area (Å²) in [6.07, 6.45) is 5.22. The number of phenolic OH excluding ortho intramolecular Hbond substituents is 1. The Kier molecular flexibility index (Phi) is 5.79. The molecule has 1 N–H and O–H groups in total. The molecule has 0 bridgehead atoms. The summed E-state index contributed by atoms with van der Waals surface area (Å²) >= 11 is 0. The third kappa shape index (κ3) is 3.86. The molecule has 0 fully saturated rings. The zero-order chi connectivity index (χ0) is 22.9. The molecule has 1 aliphatic heterocycles. The van der Waals surface area contributed by atoms with E-state index >= 15 is 0 Å². The Morgan fingerprint density at radius 2 is 1.55 bits per heavy atom. The summed E-state index contributed by atoms with van der Waals surface area (Å²) in [5.41, 5.74) is 5.75. The van der Waals surface area contributed by atoms with Crippen LogP contribution in [-0.4, -0.2) is 35.2 Å². The molecular weight excluding hydrogens is 414 g/mol. The number of phenols is 1. The second-order valence-electron chi connectivity index (χ2n) is 9.03. The highest BCUT2D eigenvalue weighted by Crippen LogP contribution is 2.50. The fraction of sp³-hybridized carbons (Fsp3) is 0.357. The molecule has 170 valence electrons. The van der Waals surface area contributed by atoms with Gasteiger partial charge in [0.05, 0.1) is 7.11 Å². The van der Waals surface area contributed by atoms with Gasteiger partial charge >= 0.3 is 0 Å². The third-order valence-corrected chi connectivity index (χ3v) is 7.09. The van der Waals surface area contributed by atoms with Crippen LogP contribution >= 0.6 is 0 Å². The Morgan fingerprint density at radius 1 is 0.909 bits per heavy atom. The van der Waals surface area contributed by atoms with Crippen LogP contribution in [0.25, 0.3) is 0 Å². The summed E-state index contributed by atoms with van der Waals surface area (Å²) in [4.78, 5) is 29.0. The van der Waals surface area contributed by atoms with Crippen LogP contribution in [0.3, 0.4) is 0 Å². The maximum atomic E-state index is 13.3. The largest absolute Gasteiger partial charge is 0.504 e. The number of carbonyl (C=O) groups excluding carboxylic acids is 2. The lowest BCUT2D eigenvalue weighted by Gasteiger charge is -2.44. The van der Waals surface area contributed by atoms with Crippen molar-refractivity contribution in [2.45, 2.75) is 50.9 Å². The molecule has 1 heterocycles. The van der Waals surface area contributed by atoms with Crippen LogP contribution < -0.4 is 4.74 Å². The van der Waals surface area contributed by atoms with Crippen LogP contribution in [-0.2, 0) is 16.0 Å². The summed E-state index contributed by atoms with van der Waals surface area (Å²) in [6.45, 7) is 0.758. The highest BCUT2D eigenvalue weighted by Gasteiger charge is 2.43. The molecular formula is C28H29NO4.